The second-order valence-electron chi connectivity index (χ2n) is 3.79. The lowest BCUT2D eigenvalue weighted by atomic mass is 10.1. The molecule has 0 spiro atoms. The molecular formula is C12H8BrN3O. The summed E-state index contributed by atoms with van der Waals surface area (Å²) in [6.45, 7) is 1.48. The maximum absolute atomic E-state index is 11.4. The van der Waals surface area contributed by atoms with Gasteiger partial charge in [-0.15, -0.1) is 0 Å². The van der Waals surface area contributed by atoms with Crippen LogP contribution in [0, 0.1) is 0 Å². The standard InChI is InChI=1S/C12H8BrN3O/c1-7(17)16-12-6-14-11-3-2-8(13)4-9(11)10(12)5-15-16/h2-6H,1H3. The number of hydrogen-bond acceptors (Lipinski definition) is 3. The highest BCUT2D eigenvalue weighted by Gasteiger charge is 2.10. The van der Waals surface area contributed by atoms with E-state index in [0.29, 0.717) is 0 Å². The molecule has 2 heterocycles. The molecule has 3 rings (SSSR count). The number of aromatic nitrogens is 3. The third-order valence-electron chi connectivity index (χ3n) is 2.68. The monoisotopic (exact) mass is 289 g/mol. The molecule has 3 aromatic rings. The second-order valence-corrected chi connectivity index (χ2v) is 4.71. The number of carbonyl (C=O) groups is 1. The molecule has 5 heteroatoms. The van der Waals surface area contributed by atoms with E-state index in [-0.39, 0.29) is 5.91 Å². The number of rotatable bonds is 0. The molecule has 0 saturated carbocycles. The van der Waals surface area contributed by atoms with Gasteiger partial charge in [-0.2, -0.15) is 9.78 Å². The van der Waals surface area contributed by atoms with Crippen molar-refractivity contribution in [3.63, 3.8) is 0 Å². The number of hydrogen-bond donors (Lipinski definition) is 0. The van der Waals surface area contributed by atoms with Gasteiger partial charge in [0, 0.05) is 22.2 Å². The van der Waals surface area contributed by atoms with Crippen LogP contribution in [0.3, 0.4) is 0 Å². The summed E-state index contributed by atoms with van der Waals surface area (Å²) in [5, 5.41) is 6.01. The summed E-state index contributed by atoms with van der Waals surface area (Å²) in [5.41, 5.74) is 1.63. The van der Waals surface area contributed by atoms with E-state index in [2.05, 4.69) is 26.0 Å². The lowest BCUT2D eigenvalue weighted by molar-refractivity contribution is 0.0926. The van der Waals surface area contributed by atoms with Crippen LogP contribution in [0.4, 0.5) is 0 Å². The minimum absolute atomic E-state index is 0.115. The van der Waals surface area contributed by atoms with Gasteiger partial charge in [-0.25, -0.2) is 0 Å². The Labute approximate surface area is 105 Å². The summed E-state index contributed by atoms with van der Waals surface area (Å²) in [5.74, 6) is -0.115. The molecule has 17 heavy (non-hydrogen) atoms. The van der Waals surface area contributed by atoms with E-state index in [9.17, 15) is 4.79 Å². The van der Waals surface area contributed by atoms with Crippen molar-refractivity contribution in [3.05, 3.63) is 35.1 Å². The van der Waals surface area contributed by atoms with Crippen LogP contribution in [0.5, 0.6) is 0 Å². The molecule has 0 N–H and O–H groups in total. The van der Waals surface area contributed by atoms with Crippen molar-refractivity contribution in [2.75, 3.05) is 0 Å². The number of pyridine rings is 1. The highest BCUT2D eigenvalue weighted by Crippen LogP contribution is 2.25. The van der Waals surface area contributed by atoms with E-state index in [1.54, 1.807) is 12.4 Å². The molecule has 0 aliphatic rings. The molecular weight excluding hydrogens is 282 g/mol. The van der Waals surface area contributed by atoms with Gasteiger partial charge in [0.15, 0.2) is 0 Å². The average molecular weight is 290 g/mol. The molecule has 84 valence electrons. The van der Waals surface area contributed by atoms with Gasteiger partial charge in [0.05, 0.1) is 23.4 Å². The summed E-state index contributed by atoms with van der Waals surface area (Å²) in [7, 11) is 0. The Bertz CT molecular complexity index is 748. The quantitative estimate of drug-likeness (QED) is 0.639. The van der Waals surface area contributed by atoms with Crippen molar-refractivity contribution in [2.45, 2.75) is 6.92 Å². The summed E-state index contributed by atoms with van der Waals surface area (Å²) < 4.78 is 2.35. The molecule has 0 aliphatic heterocycles. The molecule has 0 radical (unpaired) electrons. The predicted octanol–water partition coefficient (Wildman–Crippen LogP) is 3.01. The fourth-order valence-corrected chi connectivity index (χ4v) is 2.27. The molecule has 0 atom stereocenters. The van der Waals surface area contributed by atoms with Gasteiger partial charge in [0.25, 0.3) is 0 Å². The summed E-state index contributed by atoms with van der Waals surface area (Å²) in [6.07, 6.45) is 3.38. The number of benzene rings is 1. The number of carbonyl (C=O) groups excluding carboxylic acids is 1. The number of halogens is 1. The van der Waals surface area contributed by atoms with Crippen LogP contribution in [0.25, 0.3) is 21.8 Å². The Morgan fingerprint density at radius 2 is 2.12 bits per heavy atom. The molecule has 2 aromatic heterocycles. The minimum Gasteiger partial charge on any atom is -0.273 e. The Morgan fingerprint density at radius 1 is 1.29 bits per heavy atom. The third-order valence-corrected chi connectivity index (χ3v) is 3.17. The molecule has 0 fully saturated rings. The fraction of sp³-hybridized carbons (Fsp3) is 0.0833. The van der Waals surface area contributed by atoms with Crippen LogP contribution in [-0.2, 0) is 0 Å². The van der Waals surface area contributed by atoms with Crippen LogP contribution < -0.4 is 0 Å². The van der Waals surface area contributed by atoms with Crippen molar-refractivity contribution in [1.29, 1.82) is 0 Å². The molecule has 0 amide bonds. The largest absolute Gasteiger partial charge is 0.273 e. The highest BCUT2D eigenvalue weighted by atomic mass is 79.9. The molecule has 0 saturated heterocycles. The van der Waals surface area contributed by atoms with Crippen LogP contribution in [0.15, 0.2) is 35.1 Å². The van der Waals surface area contributed by atoms with Crippen LogP contribution in [-0.4, -0.2) is 20.7 Å². The van der Waals surface area contributed by atoms with Crippen molar-refractivity contribution >= 4 is 43.6 Å². The Morgan fingerprint density at radius 3 is 2.88 bits per heavy atom. The van der Waals surface area contributed by atoms with Gasteiger partial charge < -0.3 is 0 Å². The van der Waals surface area contributed by atoms with Gasteiger partial charge >= 0.3 is 0 Å². The van der Waals surface area contributed by atoms with E-state index in [1.165, 1.54) is 11.6 Å². The zero-order valence-electron chi connectivity index (χ0n) is 9.01. The SMILES string of the molecule is CC(=O)n1ncc2c3cc(Br)ccc3ncc21. The van der Waals surface area contributed by atoms with E-state index < -0.39 is 0 Å². The van der Waals surface area contributed by atoms with Crippen molar-refractivity contribution in [1.82, 2.24) is 14.8 Å². The molecule has 4 nitrogen and oxygen atoms in total. The van der Waals surface area contributed by atoms with E-state index in [0.717, 1.165) is 26.3 Å². The van der Waals surface area contributed by atoms with Crippen molar-refractivity contribution < 1.29 is 4.79 Å². The van der Waals surface area contributed by atoms with Crippen LogP contribution >= 0.6 is 15.9 Å². The van der Waals surface area contributed by atoms with Crippen molar-refractivity contribution in [2.24, 2.45) is 0 Å². The zero-order valence-corrected chi connectivity index (χ0v) is 10.6. The maximum atomic E-state index is 11.4. The smallest absolute Gasteiger partial charge is 0.244 e. The Kier molecular flexibility index (Phi) is 2.22. The van der Waals surface area contributed by atoms with Crippen molar-refractivity contribution in [3.8, 4) is 0 Å². The first-order valence-corrected chi connectivity index (χ1v) is 5.89. The lowest BCUT2D eigenvalue weighted by Gasteiger charge is -2.01. The summed E-state index contributed by atoms with van der Waals surface area (Å²) in [4.78, 5) is 15.7. The maximum Gasteiger partial charge on any atom is 0.244 e. The number of nitrogens with zero attached hydrogens (tertiary/aromatic N) is 3. The molecule has 1 aromatic carbocycles. The summed E-state index contributed by atoms with van der Waals surface area (Å²) >= 11 is 3.43. The van der Waals surface area contributed by atoms with Gasteiger partial charge in [-0.3, -0.25) is 9.78 Å². The lowest BCUT2D eigenvalue weighted by Crippen LogP contribution is -2.06. The van der Waals surface area contributed by atoms with Crippen LogP contribution in [0.1, 0.15) is 11.7 Å². The first-order valence-electron chi connectivity index (χ1n) is 5.10. The second kappa shape index (κ2) is 3.63. The first-order chi connectivity index (χ1) is 8.16. The zero-order chi connectivity index (χ0) is 12.0. The predicted molar refractivity (Wildman–Crippen MR) is 69.0 cm³/mol. The fourth-order valence-electron chi connectivity index (χ4n) is 1.91. The van der Waals surface area contributed by atoms with Gasteiger partial charge in [-0.1, -0.05) is 15.9 Å². The Hall–Kier alpha value is -1.75. The van der Waals surface area contributed by atoms with Gasteiger partial charge in [0.1, 0.15) is 0 Å². The molecule has 0 bridgehead atoms. The normalized spacial score (nSPS) is 11.2. The van der Waals surface area contributed by atoms with Gasteiger partial charge in [0.2, 0.25) is 5.91 Å². The average Bonchev–Trinajstić information content (AvgIpc) is 2.72. The molecule has 0 aliphatic carbocycles. The Balaban J connectivity index is 2.48. The van der Waals surface area contributed by atoms with E-state index in [1.807, 2.05) is 18.2 Å². The highest BCUT2D eigenvalue weighted by molar-refractivity contribution is 9.10. The third kappa shape index (κ3) is 1.54. The number of fused-ring (bicyclic) bond motifs is 3. The van der Waals surface area contributed by atoms with E-state index >= 15 is 0 Å². The summed E-state index contributed by atoms with van der Waals surface area (Å²) in [6, 6.07) is 5.86. The van der Waals surface area contributed by atoms with Gasteiger partial charge in [-0.05, 0) is 18.2 Å². The minimum atomic E-state index is -0.115. The first kappa shape index (κ1) is 10.4. The topological polar surface area (TPSA) is 47.8 Å². The molecule has 0 unspecified atom stereocenters. The van der Waals surface area contributed by atoms with E-state index in [4.69, 9.17) is 0 Å². The van der Waals surface area contributed by atoms with Crippen LogP contribution in [0.2, 0.25) is 0 Å².